The van der Waals surface area contributed by atoms with Crippen LogP contribution in [0.25, 0.3) is 10.8 Å². The zero-order valence-corrected chi connectivity index (χ0v) is 10.6. The van der Waals surface area contributed by atoms with Crippen molar-refractivity contribution in [1.82, 2.24) is 10.3 Å². The van der Waals surface area contributed by atoms with E-state index in [1.54, 1.807) is 12.4 Å². The van der Waals surface area contributed by atoms with E-state index in [0.717, 1.165) is 36.7 Å². The van der Waals surface area contributed by atoms with Gasteiger partial charge in [-0.3, -0.25) is 4.98 Å². The van der Waals surface area contributed by atoms with E-state index in [-0.39, 0.29) is 6.10 Å². The van der Waals surface area contributed by atoms with Gasteiger partial charge in [-0.25, -0.2) is 0 Å². The zero-order valence-electron chi connectivity index (χ0n) is 10.6. The summed E-state index contributed by atoms with van der Waals surface area (Å²) in [7, 11) is 0. The van der Waals surface area contributed by atoms with Crippen LogP contribution < -0.4 is 10.1 Å². The van der Waals surface area contributed by atoms with E-state index in [0.29, 0.717) is 11.3 Å². The van der Waals surface area contributed by atoms with Gasteiger partial charge in [0.1, 0.15) is 23.5 Å². The minimum atomic E-state index is 0.202. The van der Waals surface area contributed by atoms with Crippen molar-refractivity contribution in [2.45, 2.75) is 18.9 Å². The average Bonchev–Trinajstić information content (AvgIpc) is 2.48. The molecule has 19 heavy (non-hydrogen) atoms. The Bertz CT molecular complexity index is 627. The molecule has 1 N–H and O–H groups in total. The van der Waals surface area contributed by atoms with E-state index in [1.165, 1.54) is 0 Å². The summed E-state index contributed by atoms with van der Waals surface area (Å²) in [4.78, 5) is 4.08. The molecule has 3 rings (SSSR count). The van der Waals surface area contributed by atoms with Gasteiger partial charge in [0.2, 0.25) is 0 Å². The fourth-order valence-corrected chi connectivity index (χ4v) is 2.46. The molecule has 4 heteroatoms. The normalized spacial score (nSPS) is 16.2. The third kappa shape index (κ3) is 2.38. The molecule has 0 unspecified atom stereocenters. The van der Waals surface area contributed by atoms with Gasteiger partial charge < -0.3 is 10.1 Å². The second kappa shape index (κ2) is 5.25. The Morgan fingerprint density at radius 2 is 2.11 bits per heavy atom. The molecule has 0 radical (unpaired) electrons. The summed E-state index contributed by atoms with van der Waals surface area (Å²) in [6.45, 7) is 1.95. The topological polar surface area (TPSA) is 57.9 Å². The summed E-state index contributed by atoms with van der Waals surface area (Å²) in [5.41, 5.74) is 0.610. The summed E-state index contributed by atoms with van der Waals surface area (Å²) in [5, 5.41) is 14.6. The van der Waals surface area contributed by atoms with E-state index >= 15 is 0 Å². The molecule has 0 saturated carbocycles. The number of aromatic nitrogens is 1. The Morgan fingerprint density at radius 3 is 2.89 bits per heavy atom. The number of fused-ring (bicyclic) bond motifs is 1. The molecule has 1 aromatic carbocycles. The van der Waals surface area contributed by atoms with Gasteiger partial charge in [-0.05, 0) is 44.1 Å². The second-order valence-electron chi connectivity index (χ2n) is 4.71. The van der Waals surface area contributed by atoms with Crippen molar-refractivity contribution in [3.05, 3.63) is 36.2 Å². The number of ether oxygens (including phenoxy) is 1. The van der Waals surface area contributed by atoms with Crippen molar-refractivity contribution in [3.8, 4) is 11.8 Å². The summed E-state index contributed by atoms with van der Waals surface area (Å²) in [5.74, 6) is 0.688. The lowest BCUT2D eigenvalue weighted by atomic mass is 10.1. The highest BCUT2D eigenvalue weighted by Crippen LogP contribution is 2.28. The molecular formula is C15H15N3O. The van der Waals surface area contributed by atoms with Crippen LogP contribution in [0.4, 0.5) is 0 Å². The highest BCUT2D eigenvalue weighted by Gasteiger charge is 2.17. The fourth-order valence-electron chi connectivity index (χ4n) is 2.46. The van der Waals surface area contributed by atoms with Gasteiger partial charge in [0.05, 0.1) is 0 Å². The molecule has 0 spiro atoms. The Kier molecular flexibility index (Phi) is 3.30. The smallest absolute Gasteiger partial charge is 0.138 e. The lowest BCUT2D eigenvalue weighted by molar-refractivity contribution is 0.162. The number of nitrogens with one attached hydrogen (secondary N) is 1. The van der Waals surface area contributed by atoms with Gasteiger partial charge >= 0.3 is 0 Å². The number of hydrogen-bond donors (Lipinski definition) is 1. The van der Waals surface area contributed by atoms with Gasteiger partial charge in [-0.2, -0.15) is 5.26 Å². The molecular weight excluding hydrogens is 238 g/mol. The summed E-state index contributed by atoms with van der Waals surface area (Å²) < 4.78 is 6.00. The van der Waals surface area contributed by atoms with Gasteiger partial charge in [-0.1, -0.05) is 0 Å². The molecule has 1 aliphatic rings. The first kappa shape index (κ1) is 11.9. The largest absolute Gasteiger partial charge is 0.489 e. The Labute approximate surface area is 112 Å². The van der Waals surface area contributed by atoms with Crippen LogP contribution in [-0.2, 0) is 0 Å². The first-order valence-electron chi connectivity index (χ1n) is 6.52. The highest BCUT2D eigenvalue weighted by atomic mass is 16.5. The zero-order chi connectivity index (χ0) is 13.1. The molecule has 2 aromatic rings. The Hall–Kier alpha value is -2.12. The summed E-state index contributed by atoms with van der Waals surface area (Å²) >= 11 is 0. The van der Waals surface area contributed by atoms with Crippen molar-refractivity contribution < 1.29 is 4.74 Å². The molecule has 2 heterocycles. The van der Waals surface area contributed by atoms with Crippen LogP contribution in [0.15, 0.2) is 30.6 Å². The third-order valence-electron chi connectivity index (χ3n) is 3.47. The second-order valence-corrected chi connectivity index (χ2v) is 4.71. The van der Waals surface area contributed by atoms with Crippen LogP contribution in [-0.4, -0.2) is 24.2 Å². The van der Waals surface area contributed by atoms with Crippen LogP contribution in [0.5, 0.6) is 5.75 Å². The number of nitrogens with zero attached hydrogens (tertiary/aromatic N) is 2. The molecule has 1 fully saturated rings. The predicted molar refractivity (Wildman–Crippen MR) is 73.0 cm³/mol. The van der Waals surface area contributed by atoms with Crippen molar-refractivity contribution in [2.75, 3.05) is 13.1 Å². The SMILES string of the molecule is N#Cc1c(OC2CCNCC2)ccc2cnccc12. The molecule has 96 valence electrons. The maximum atomic E-state index is 9.38. The molecule has 1 aliphatic heterocycles. The predicted octanol–water partition coefficient (Wildman–Crippen LogP) is 2.24. The maximum Gasteiger partial charge on any atom is 0.138 e. The summed E-state index contributed by atoms with van der Waals surface area (Å²) in [6.07, 6.45) is 5.65. The number of nitriles is 1. The van der Waals surface area contributed by atoms with Crippen LogP contribution in [0, 0.1) is 11.3 Å². The molecule has 0 atom stereocenters. The maximum absolute atomic E-state index is 9.38. The number of hydrogen-bond acceptors (Lipinski definition) is 4. The standard InChI is InChI=1S/C15H15N3O/c16-9-14-13-5-8-18-10-11(13)1-2-15(14)19-12-3-6-17-7-4-12/h1-2,5,8,10,12,17H,3-4,6-7H2. The van der Waals surface area contributed by atoms with Gasteiger partial charge in [0.15, 0.2) is 0 Å². The van der Waals surface area contributed by atoms with Crippen molar-refractivity contribution in [3.63, 3.8) is 0 Å². The molecule has 4 nitrogen and oxygen atoms in total. The lowest BCUT2D eigenvalue weighted by Crippen LogP contribution is -2.34. The van der Waals surface area contributed by atoms with E-state index in [2.05, 4.69) is 16.4 Å². The number of piperidine rings is 1. The summed E-state index contributed by atoms with van der Waals surface area (Å²) in [6, 6.07) is 7.96. The molecule has 1 aromatic heterocycles. The third-order valence-corrected chi connectivity index (χ3v) is 3.47. The number of rotatable bonds is 2. The monoisotopic (exact) mass is 253 g/mol. The van der Waals surface area contributed by atoms with Crippen molar-refractivity contribution >= 4 is 10.8 Å². The van der Waals surface area contributed by atoms with Crippen LogP contribution in [0.2, 0.25) is 0 Å². The average molecular weight is 253 g/mol. The molecule has 0 amide bonds. The molecule has 1 saturated heterocycles. The van der Waals surface area contributed by atoms with Gasteiger partial charge in [0.25, 0.3) is 0 Å². The fraction of sp³-hybridized carbons (Fsp3) is 0.333. The van der Waals surface area contributed by atoms with E-state index < -0.39 is 0 Å². The van der Waals surface area contributed by atoms with Crippen molar-refractivity contribution in [1.29, 1.82) is 5.26 Å². The van der Waals surface area contributed by atoms with Gasteiger partial charge in [-0.15, -0.1) is 0 Å². The Morgan fingerprint density at radius 1 is 1.26 bits per heavy atom. The van der Waals surface area contributed by atoms with E-state index in [4.69, 9.17) is 4.74 Å². The van der Waals surface area contributed by atoms with E-state index in [9.17, 15) is 5.26 Å². The first-order chi connectivity index (χ1) is 9.38. The van der Waals surface area contributed by atoms with Crippen LogP contribution in [0.3, 0.4) is 0 Å². The number of benzene rings is 1. The quantitative estimate of drug-likeness (QED) is 0.891. The minimum Gasteiger partial charge on any atom is -0.489 e. The highest BCUT2D eigenvalue weighted by molar-refractivity contribution is 5.89. The lowest BCUT2D eigenvalue weighted by Gasteiger charge is -2.24. The van der Waals surface area contributed by atoms with Crippen LogP contribution >= 0.6 is 0 Å². The van der Waals surface area contributed by atoms with Crippen molar-refractivity contribution in [2.24, 2.45) is 0 Å². The van der Waals surface area contributed by atoms with E-state index in [1.807, 2.05) is 18.2 Å². The number of pyridine rings is 1. The molecule has 0 bridgehead atoms. The van der Waals surface area contributed by atoms with Crippen LogP contribution in [0.1, 0.15) is 18.4 Å². The first-order valence-corrected chi connectivity index (χ1v) is 6.52. The van der Waals surface area contributed by atoms with Gasteiger partial charge in [0, 0.05) is 23.2 Å². The molecule has 0 aliphatic carbocycles. The minimum absolute atomic E-state index is 0.202. The Balaban J connectivity index is 1.96.